The van der Waals surface area contributed by atoms with Gasteiger partial charge in [0.1, 0.15) is 6.04 Å². The monoisotopic (exact) mass is 506 g/mol. The van der Waals surface area contributed by atoms with Crippen LogP contribution in [-0.2, 0) is 14.4 Å². The molecular formula is C28H46N2O6. The summed E-state index contributed by atoms with van der Waals surface area (Å²) in [5, 5.41) is 33.2. The zero-order valence-corrected chi connectivity index (χ0v) is 22.1. The summed E-state index contributed by atoms with van der Waals surface area (Å²) in [5.74, 6) is 0.346. The number of carbonyl (C=O) groups is 3. The molecule has 6 N–H and O–H groups in total. The van der Waals surface area contributed by atoms with Crippen molar-refractivity contribution >= 4 is 17.8 Å². The smallest absolute Gasteiger partial charge is 0.326 e. The van der Waals surface area contributed by atoms with Crippen LogP contribution in [0.25, 0.3) is 0 Å². The van der Waals surface area contributed by atoms with Crippen LogP contribution in [0.2, 0.25) is 0 Å². The first kappa shape index (κ1) is 27.4. The lowest BCUT2D eigenvalue weighted by molar-refractivity contribution is -0.172. The molecule has 4 saturated carbocycles. The van der Waals surface area contributed by atoms with Crippen LogP contribution in [0, 0.1) is 46.3 Å². The van der Waals surface area contributed by atoms with Gasteiger partial charge >= 0.3 is 5.97 Å². The van der Waals surface area contributed by atoms with Gasteiger partial charge in [0, 0.05) is 6.42 Å². The van der Waals surface area contributed by atoms with Crippen molar-refractivity contribution in [1.29, 1.82) is 0 Å². The number of rotatable bonds is 8. The van der Waals surface area contributed by atoms with Gasteiger partial charge in [-0.05, 0) is 104 Å². The highest BCUT2D eigenvalue weighted by molar-refractivity contribution is 5.88. The fourth-order valence-electron chi connectivity index (χ4n) is 9.48. The van der Waals surface area contributed by atoms with E-state index < -0.39 is 24.3 Å². The summed E-state index contributed by atoms with van der Waals surface area (Å²) in [5.41, 5.74) is 5.41. The highest BCUT2D eigenvalue weighted by Gasteiger charge is 2.62. The maximum Gasteiger partial charge on any atom is 0.326 e. The Balaban J connectivity index is 1.39. The number of amides is 2. The van der Waals surface area contributed by atoms with Crippen molar-refractivity contribution in [3.05, 3.63) is 0 Å². The topological polar surface area (TPSA) is 150 Å². The van der Waals surface area contributed by atoms with Crippen LogP contribution in [0.5, 0.6) is 0 Å². The Morgan fingerprint density at radius 2 is 1.64 bits per heavy atom. The van der Waals surface area contributed by atoms with Gasteiger partial charge in [-0.1, -0.05) is 20.8 Å². The molecule has 204 valence electrons. The second-order valence-electron chi connectivity index (χ2n) is 13.1. The first-order valence-electron chi connectivity index (χ1n) is 14.0. The third kappa shape index (κ3) is 4.92. The Kier molecular flexibility index (Phi) is 7.78. The summed E-state index contributed by atoms with van der Waals surface area (Å²) >= 11 is 0. The Morgan fingerprint density at radius 1 is 0.972 bits per heavy atom. The molecule has 0 bridgehead atoms. The lowest BCUT2D eigenvalue weighted by atomic mass is 9.44. The third-order valence-electron chi connectivity index (χ3n) is 11.3. The number of carbonyl (C=O) groups excluding carboxylic acids is 2. The van der Waals surface area contributed by atoms with Gasteiger partial charge in [-0.25, -0.2) is 4.79 Å². The highest BCUT2D eigenvalue weighted by Crippen LogP contribution is 2.68. The number of carboxylic acids is 1. The number of primary amides is 1. The molecule has 0 radical (unpaired) electrons. The molecule has 0 aromatic heterocycles. The van der Waals surface area contributed by atoms with E-state index in [0.717, 1.165) is 38.5 Å². The van der Waals surface area contributed by atoms with Crippen molar-refractivity contribution in [3.63, 3.8) is 0 Å². The molecule has 0 aromatic rings. The molecule has 4 aliphatic rings. The quantitative estimate of drug-likeness (QED) is 0.342. The van der Waals surface area contributed by atoms with E-state index in [-0.39, 0.29) is 41.3 Å². The van der Waals surface area contributed by atoms with E-state index in [1.807, 2.05) is 0 Å². The lowest BCUT2D eigenvalue weighted by Crippen LogP contribution is -2.58. The summed E-state index contributed by atoms with van der Waals surface area (Å²) < 4.78 is 0. The highest BCUT2D eigenvalue weighted by atomic mass is 16.4. The van der Waals surface area contributed by atoms with E-state index in [1.165, 1.54) is 12.8 Å². The van der Waals surface area contributed by atoms with E-state index in [9.17, 15) is 29.7 Å². The Hall–Kier alpha value is -1.67. The lowest BCUT2D eigenvalue weighted by Gasteiger charge is -2.62. The number of carboxylic acid groups (broad SMARTS) is 1. The van der Waals surface area contributed by atoms with Crippen LogP contribution < -0.4 is 11.1 Å². The minimum Gasteiger partial charge on any atom is -0.480 e. The summed E-state index contributed by atoms with van der Waals surface area (Å²) in [7, 11) is 0. The van der Waals surface area contributed by atoms with Crippen molar-refractivity contribution in [2.75, 3.05) is 0 Å². The fraction of sp³-hybridized carbons (Fsp3) is 0.893. The van der Waals surface area contributed by atoms with Crippen molar-refractivity contribution in [2.45, 2.75) is 110 Å². The van der Waals surface area contributed by atoms with Crippen LogP contribution >= 0.6 is 0 Å². The maximum absolute atomic E-state index is 12.5. The molecule has 0 aromatic carbocycles. The SMILES string of the molecule is CC(CCC(=O)NC(CC(N)=O)C(=O)O)C1CCC2C3CC(O)C4CC(O)CCC4(C)C3CCC12C. The molecule has 0 aliphatic heterocycles. The van der Waals surface area contributed by atoms with Gasteiger partial charge < -0.3 is 26.4 Å². The number of aliphatic carboxylic acids is 1. The van der Waals surface area contributed by atoms with Crippen LogP contribution in [0.4, 0.5) is 0 Å². The predicted molar refractivity (Wildman–Crippen MR) is 134 cm³/mol. The van der Waals surface area contributed by atoms with Gasteiger partial charge in [0.25, 0.3) is 0 Å². The standard InChI is InChI=1S/C28H46N2O6/c1-15(4-7-25(34)30-22(26(35)36)14-24(29)33)18-5-6-19-17-13-23(32)21-12-16(31)8-10-28(21,3)20(17)9-11-27(18,19)2/h15-23,31-32H,4-14H2,1-3H3,(H2,29,33)(H,30,34)(H,35,36). The van der Waals surface area contributed by atoms with Crippen molar-refractivity contribution in [1.82, 2.24) is 5.32 Å². The van der Waals surface area contributed by atoms with Crippen molar-refractivity contribution < 1.29 is 29.7 Å². The second-order valence-corrected chi connectivity index (χ2v) is 13.1. The maximum atomic E-state index is 12.5. The minimum absolute atomic E-state index is 0.107. The van der Waals surface area contributed by atoms with E-state index in [4.69, 9.17) is 5.73 Å². The molecule has 0 heterocycles. The Bertz CT molecular complexity index is 865. The Labute approximate surface area is 214 Å². The van der Waals surface area contributed by atoms with E-state index in [0.29, 0.717) is 36.0 Å². The average Bonchev–Trinajstić information content (AvgIpc) is 3.15. The number of hydrogen-bond acceptors (Lipinski definition) is 5. The third-order valence-corrected chi connectivity index (χ3v) is 11.3. The zero-order valence-electron chi connectivity index (χ0n) is 22.1. The number of aliphatic hydroxyl groups excluding tert-OH is 2. The van der Waals surface area contributed by atoms with Crippen LogP contribution in [-0.4, -0.2) is 51.4 Å². The first-order chi connectivity index (χ1) is 16.9. The summed E-state index contributed by atoms with van der Waals surface area (Å²) in [6.07, 6.45) is 7.93. The molecule has 11 atom stereocenters. The van der Waals surface area contributed by atoms with E-state index >= 15 is 0 Å². The fourth-order valence-corrected chi connectivity index (χ4v) is 9.48. The molecule has 4 aliphatic carbocycles. The zero-order chi connectivity index (χ0) is 26.4. The molecule has 36 heavy (non-hydrogen) atoms. The molecule has 0 spiro atoms. The molecule has 11 unspecified atom stereocenters. The molecule has 8 heteroatoms. The predicted octanol–water partition coefficient (Wildman–Crippen LogP) is 2.84. The molecule has 8 nitrogen and oxygen atoms in total. The van der Waals surface area contributed by atoms with Gasteiger partial charge in [0.15, 0.2) is 0 Å². The normalized spacial score (nSPS) is 43.4. The van der Waals surface area contributed by atoms with E-state index in [1.54, 1.807) is 0 Å². The summed E-state index contributed by atoms with van der Waals surface area (Å²) in [6.45, 7) is 7.02. The van der Waals surface area contributed by atoms with Gasteiger partial charge in [-0.15, -0.1) is 0 Å². The number of fused-ring (bicyclic) bond motifs is 5. The van der Waals surface area contributed by atoms with Gasteiger partial charge in [0.2, 0.25) is 11.8 Å². The van der Waals surface area contributed by atoms with Crippen molar-refractivity contribution in [3.8, 4) is 0 Å². The number of nitrogens with one attached hydrogen (secondary N) is 1. The van der Waals surface area contributed by atoms with Gasteiger partial charge in [-0.2, -0.15) is 0 Å². The molecule has 4 rings (SSSR count). The van der Waals surface area contributed by atoms with Crippen LogP contribution in [0.15, 0.2) is 0 Å². The number of aliphatic hydroxyl groups is 2. The van der Waals surface area contributed by atoms with Crippen LogP contribution in [0.3, 0.4) is 0 Å². The summed E-state index contributed by atoms with van der Waals surface area (Å²) in [4.78, 5) is 34.9. The van der Waals surface area contributed by atoms with Crippen LogP contribution in [0.1, 0.15) is 91.4 Å². The van der Waals surface area contributed by atoms with Gasteiger partial charge in [-0.3, -0.25) is 9.59 Å². The van der Waals surface area contributed by atoms with Crippen molar-refractivity contribution in [2.24, 2.45) is 52.1 Å². The Morgan fingerprint density at radius 3 is 2.31 bits per heavy atom. The second kappa shape index (κ2) is 10.2. The summed E-state index contributed by atoms with van der Waals surface area (Å²) in [6, 6.07) is -1.28. The first-order valence-corrected chi connectivity index (χ1v) is 14.0. The minimum atomic E-state index is -1.28. The molecular weight excluding hydrogens is 460 g/mol. The van der Waals surface area contributed by atoms with E-state index in [2.05, 4.69) is 26.1 Å². The largest absolute Gasteiger partial charge is 0.480 e. The van der Waals surface area contributed by atoms with Gasteiger partial charge in [0.05, 0.1) is 18.6 Å². The average molecular weight is 507 g/mol. The number of nitrogens with two attached hydrogens (primary N) is 1. The molecule has 2 amide bonds. The molecule has 0 saturated heterocycles. The molecule has 4 fully saturated rings. The number of hydrogen-bond donors (Lipinski definition) is 5.